The number of ether oxygens (including phenoxy) is 2. The summed E-state index contributed by atoms with van der Waals surface area (Å²) >= 11 is 0. The fourth-order valence-corrected chi connectivity index (χ4v) is 2.51. The van der Waals surface area contributed by atoms with Crippen molar-refractivity contribution in [2.75, 3.05) is 20.6 Å². The van der Waals surface area contributed by atoms with E-state index in [2.05, 4.69) is 39.1 Å². The Hall–Kier alpha value is -2.00. The van der Waals surface area contributed by atoms with Gasteiger partial charge in [-0.1, -0.05) is 25.3 Å². The van der Waals surface area contributed by atoms with Gasteiger partial charge in [0.05, 0.1) is 5.56 Å². The molecule has 1 aromatic rings. The summed E-state index contributed by atoms with van der Waals surface area (Å²) in [7, 11) is 4.12. The summed E-state index contributed by atoms with van der Waals surface area (Å²) in [6, 6.07) is 7.91. The first-order valence-corrected chi connectivity index (χ1v) is 7.51. The Balaban J connectivity index is 2.24. The smallest absolute Gasteiger partial charge is 0.138 e. The Morgan fingerprint density at radius 1 is 1.32 bits per heavy atom. The zero-order valence-electron chi connectivity index (χ0n) is 14.0. The highest BCUT2D eigenvalue weighted by Crippen LogP contribution is 2.37. The van der Waals surface area contributed by atoms with Crippen LogP contribution in [0.15, 0.2) is 54.3 Å². The van der Waals surface area contributed by atoms with Crippen LogP contribution in [0.2, 0.25) is 0 Å². The Kier molecular flexibility index (Phi) is 5.09. The van der Waals surface area contributed by atoms with Gasteiger partial charge in [-0.2, -0.15) is 0 Å². The molecule has 0 radical (unpaired) electrons. The van der Waals surface area contributed by atoms with Crippen LogP contribution in [0.3, 0.4) is 0 Å². The van der Waals surface area contributed by atoms with Crippen LogP contribution in [0, 0.1) is 0 Å². The number of para-hydroxylation sites is 1. The van der Waals surface area contributed by atoms with Crippen LogP contribution in [0.1, 0.15) is 25.8 Å². The third-order valence-electron chi connectivity index (χ3n) is 3.62. The second kappa shape index (κ2) is 6.84. The zero-order chi connectivity index (χ0) is 16.3. The number of rotatable bonds is 6. The van der Waals surface area contributed by atoms with E-state index in [1.807, 2.05) is 31.2 Å². The van der Waals surface area contributed by atoms with Crippen LogP contribution < -0.4 is 4.74 Å². The van der Waals surface area contributed by atoms with Crippen molar-refractivity contribution >= 4 is 5.76 Å². The minimum atomic E-state index is 0.197. The maximum Gasteiger partial charge on any atom is 0.138 e. The molecule has 1 aromatic carbocycles. The molecule has 0 spiro atoms. The third-order valence-corrected chi connectivity index (χ3v) is 3.62. The SMILES string of the molecule is C=C(C)C(=C)Oc1ccccc1C1=C(C)CC(CN(C)C)O1. The quantitative estimate of drug-likeness (QED) is 0.579. The van der Waals surface area contributed by atoms with Crippen LogP contribution in [-0.2, 0) is 4.74 Å². The van der Waals surface area contributed by atoms with Gasteiger partial charge in [0.1, 0.15) is 23.4 Å². The van der Waals surface area contributed by atoms with E-state index in [1.165, 1.54) is 5.57 Å². The van der Waals surface area contributed by atoms with Crippen molar-refractivity contribution < 1.29 is 9.47 Å². The van der Waals surface area contributed by atoms with Crippen molar-refractivity contribution in [3.8, 4) is 5.75 Å². The van der Waals surface area contributed by atoms with E-state index >= 15 is 0 Å². The highest BCUT2D eigenvalue weighted by atomic mass is 16.5. The van der Waals surface area contributed by atoms with Gasteiger partial charge < -0.3 is 14.4 Å². The number of hydrogen-bond donors (Lipinski definition) is 0. The molecule has 0 fully saturated rings. The van der Waals surface area contributed by atoms with Crippen molar-refractivity contribution in [1.82, 2.24) is 4.90 Å². The van der Waals surface area contributed by atoms with Gasteiger partial charge >= 0.3 is 0 Å². The number of benzene rings is 1. The maximum absolute atomic E-state index is 6.16. The van der Waals surface area contributed by atoms with Crippen molar-refractivity contribution in [2.24, 2.45) is 0 Å². The molecular weight excluding hydrogens is 274 g/mol. The van der Waals surface area contributed by atoms with Crippen LogP contribution in [0.25, 0.3) is 5.76 Å². The molecule has 3 nitrogen and oxygen atoms in total. The van der Waals surface area contributed by atoms with Crippen LogP contribution in [0.4, 0.5) is 0 Å². The number of hydrogen-bond acceptors (Lipinski definition) is 3. The minimum absolute atomic E-state index is 0.197. The molecule has 0 aliphatic carbocycles. The van der Waals surface area contributed by atoms with E-state index in [9.17, 15) is 0 Å². The largest absolute Gasteiger partial charge is 0.488 e. The molecule has 2 rings (SSSR count). The van der Waals surface area contributed by atoms with E-state index in [4.69, 9.17) is 9.47 Å². The van der Waals surface area contributed by atoms with Gasteiger partial charge in [-0.25, -0.2) is 0 Å². The van der Waals surface area contributed by atoms with E-state index in [1.54, 1.807) is 0 Å². The van der Waals surface area contributed by atoms with Gasteiger partial charge in [0.2, 0.25) is 0 Å². The monoisotopic (exact) mass is 299 g/mol. The number of allylic oxidation sites excluding steroid dienone is 1. The lowest BCUT2D eigenvalue weighted by molar-refractivity contribution is 0.151. The Bertz CT molecular complexity index is 614. The van der Waals surface area contributed by atoms with Gasteiger partial charge in [-0.05, 0) is 51.2 Å². The standard InChI is InChI=1S/C19H25NO2/c1-13(2)15(4)21-18-10-8-7-9-17(18)19-14(3)11-16(22-19)12-20(5)6/h7-10,16H,1,4,11-12H2,2-3,5-6H3. The lowest BCUT2D eigenvalue weighted by Crippen LogP contribution is -2.25. The topological polar surface area (TPSA) is 21.7 Å². The summed E-state index contributed by atoms with van der Waals surface area (Å²) in [6.45, 7) is 12.7. The van der Waals surface area contributed by atoms with Crippen LogP contribution in [-0.4, -0.2) is 31.6 Å². The van der Waals surface area contributed by atoms with Crippen molar-refractivity contribution in [2.45, 2.75) is 26.4 Å². The normalized spacial score (nSPS) is 17.6. The van der Waals surface area contributed by atoms with E-state index < -0.39 is 0 Å². The molecule has 0 saturated carbocycles. The highest BCUT2D eigenvalue weighted by molar-refractivity contribution is 5.70. The molecular formula is C19H25NO2. The van der Waals surface area contributed by atoms with E-state index in [-0.39, 0.29) is 6.10 Å². The van der Waals surface area contributed by atoms with Crippen molar-refractivity contribution in [3.63, 3.8) is 0 Å². The van der Waals surface area contributed by atoms with Crippen LogP contribution >= 0.6 is 0 Å². The Morgan fingerprint density at radius 3 is 2.64 bits per heavy atom. The Morgan fingerprint density at radius 2 is 2.00 bits per heavy atom. The zero-order valence-corrected chi connectivity index (χ0v) is 14.0. The van der Waals surface area contributed by atoms with Gasteiger partial charge in [0.15, 0.2) is 0 Å². The maximum atomic E-state index is 6.16. The molecule has 3 heteroatoms. The average molecular weight is 299 g/mol. The van der Waals surface area contributed by atoms with E-state index in [0.717, 1.165) is 35.6 Å². The van der Waals surface area contributed by atoms with Gasteiger partial charge in [0.25, 0.3) is 0 Å². The van der Waals surface area contributed by atoms with E-state index in [0.29, 0.717) is 5.76 Å². The van der Waals surface area contributed by atoms with Gasteiger partial charge in [0, 0.05) is 13.0 Å². The summed E-state index contributed by atoms with van der Waals surface area (Å²) in [5.41, 5.74) is 3.05. The summed E-state index contributed by atoms with van der Waals surface area (Å²) in [4.78, 5) is 2.15. The highest BCUT2D eigenvalue weighted by Gasteiger charge is 2.26. The lowest BCUT2D eigenvalue weighted by atomic mass is 10.1. The summed E-state index contributed by atoms with van der Waals surface area (Å²) < 4.78 is 12.0. The molecule has 118 valence electrons. The molecule has 22 heavy (non-hydrogen) atoms. The molecule has 1 aliphatic rings. The molecule has 0 saturated heterocycles. The van der Waals surface area contributed by atoms with Crippen LogP contribution in [0.5, 0.6) is 5.75 Å². The summed E-state index contributed by atoms with van der Waals surface area (Å²) in [5.74, 6) is 2.26. The second-order valence-corrected chi connectivity index (χ2v) is 6.12. The van der Waals surface area contributed by atoms with Crippen molar-refractivity contribution in [3.05, 3.63) is 59.9 Å². The first-order chi connectivity index (χ1) is 10.4. The fourth-order valence-electron chi connectivity index (χ4n) is 2.51. The molecule has 1 unspecified atom stereocenters. The number of nitrogens with zero attached hydrogens (tertiary/aromatic N) is 1. The molecule has 0 N–H and O–H groups in total. The lowest BCUT2D eigenvalue weighted by Gasteiger charge is -2.19. The molecule has 0 bridgehead atoms. The van der Waals surface area contributed by atoms with Gasteiger partial charge in [-0.15, -0.1) is 0 Å². The summed E-state index contributed by atoms with van der Waals surface area (Å²) in [6.07, 6.45) is 1.14. The third kappa shape index (κ3) is 3.80. The Labute approximate surface area is 133 Å². The van der Waals surface area contributed by atoms with Crippen molar-refractivity contribution in [1.29, 1.82) is 0 Å². The predicted molar refractivity (Wildman–Crippen MR) is 91.7 cm³/mol. The molecule has 0 aromatic heterocycles. The second-order valence-electron chi connectivity index (χ2n) is 6.12. The minimum Gasteiger partial charge on any atom is -0.488 e. The van der Waals surface area contributed by atoms with Gasteiger partial charge in [-0.3, -0.25) is 0 Å². The number of likely N-dealkylation sites (N-methyl/N-ethyl adjacent to an activating group) is 1. The average Bonchev–Trinajstić information content (AvgIpc) is 2.79. The first-order valence-electron chi connectivity index (χ1n) is 7.51. The first kappa shape index (κ1) is 16.4. The fraction of sp³-hybridized carbons (Fsp3) is 0.368. The molecule has 1 heterocycles. The molecule has 0 amide bonds. The molecule has 1 aliphatic heterocycles. The predicted octanol–water partition coefficient (Wildman–Crippen LogP) is 4.24. The molecule has 1 atom stereocenters. The summed E-state index contributed by atoms with van der Waals surface area (Å²) in [5, 5.41) is 0.